The van der Waals surface area contributed by atoms with E-state index in [4.69, 9.17) is 4.74 Å². The summed E-state index contributed by atoms with van der Waals surface area (Å²) in [6.07, 6.45) is 2.69. The standard InChI is InChI=1S/C29H32O6S/c1-2-20(16-21-13-15-26(31)25-11-7-6-10-24(21)25)12-14-27(32)29-22(19-36(33,34)28(29)17-30)18-35-23-8-4-3-5-9-23/h3-11,13,15-16,27-28,30-32H,2,12,14,17-19H2,1H3/b20-16+/t27-,28+/m1/s1. The molecule has 0 amide bonds. The average molecular weight is 509 g/mol. The van der Waals surface area contributed by atoms with Crippen molar-refractivity contribution < 1.29 is 28.5 Å². The maximum absolute atomic E-state index is 12.7. The first-order valence-corrected chi connectivity index (χ1v) is 13.9. The molecule has 0 bridgehead atoms. The summed E-state index contributed by atoms with van der Waals surface area (Å²) in [6.45, 7) is 1.51. The maximum atomic E-state index is 12.7. The molecule has 0 saturated carbocycles. The number of hydrogen-bond donors (Lipinski definition) is 3. The molecule has 1 aliphatic heterocycles. The molecule has 3 aromatic rings. The molecule has 3 N–H and O–H groups in total. The normalized spacial score (nSPS) is 18.5. The van der Waals surface area contributed by atoms with Crippen molar-refractivity contribution in [1.29, 1.82) is 0 Å². The zero-order valence-electron chi connectivity index (χ0n) is 20.3. The number of para-hydroxylation sites is 1. The molecule has 0 radical (unpaired) electrons. The molecule has 0 unspecified atom stereocenters. The van der Waals surface area contributed by atoms with Gasteiger partial charge in [-0.25, -0.2) is 8.42 Å². The molecule has 1 aliphatic rings. The second-order valence-electron chi connectivity index (χ2n) is 9.07. The highest BCUT2D eigenvalue weighted by Gasteiger charge is 2.41. The van der Waals surface area contributed by atoms with E-state index in [2.05, 4.69) is 6.08 Å². The van der Waals surface area contributed by atoms with E-state index in [0.717, 1.165) is 28.3 Å². The van der Waals surface area contributed by atoms with Crippen molar-refractivity contribution in [2.45, 2.75) is 37.5 Å². The van der Waals surface area contributed by atoms with Gasteiger partial charge in [-0.15, -0.1) is 0 Å². The average Bonchev–Trinajstić information content (AvgIpc) is 3.16. The van der Waals surface area contributed by atoms with Gasteiger partial charge in [-0.3, -0.25) is 0 Å². The SMILES string of the molecule is CC/C(=C\c1ccc(O)c2ccccc12)CC[C@@H](O)C1=C(COc2ccccc2)CS(=O)(=O)[C@H]1CO. The molecule has 36 heavy (non-hydrogen) atoms. The van der Waals surface area contributed by atoms with Crippen molar-refractivity contribution in [3.05, 3.63) is 89.0 Å². The predicted molar refractivity (Wildman–Crippen MR) is 143 cm³/mol. The number of fused-ring (bicyclic) bond motifs is 1. The maximum Gasteiger partial charge on any atom is 0.163 e. The van der Waals surface area contributed by atoms with E-state index in [0.29, 0.717) is 29.7 Å². The number of aromatic hydroxyl groups is 1. The van der Waals surface area contributed by atoms with Gasteiger partial charge in [-0.2, -0.15) is 0 Å². The van der Waals surface area contributed by atoms with Crippen LogP contribution in [0.5, 0.6) is 11.5 Å². The number of aliphatic hydroxyl groups excluding tert-OH is 2. The van der Waals surface area contributed by atoms with Crippen LogP contribution in [0.1, 0.15) is 31.7 Å². The van der Waals surface area contributed by atoms with Gasteiger partial charge < -0.3 is 20.1 Å². The summed E-state index contributed by atoms with van der Waals surface area (Å²) in [5.74, 6) is 0.611. The fraction of sp³-hybridized carbons (Fsp3) is 0.310. The summed E-state index contributed by atoms with van der Waals surface area (Å²) in [5.41, 5.74) is 2.94. The highest BCUT2D eigenvalue weighted by atomic mass is 32.2. The molecule has 0 saturated heterocycles. The van der Waals surface area contributed by atoms with Gasteiger partial charge in [0.15, 0.2) is 9.84 Å². The third kappa shape index (κ3) is 5.64. The Bertz CT molecular complexity index is 1380. The second-order valence-corrected chi connectivity index (χ2v) is 11.3. The molecule has 4 rings (SSSR count). The zero-order valence-corrected chi connectivity index (χ0v) is 21.1. The van der Waals surface area contributed by atoms with Gasteiger partial charge in [-0.05, 0) is 59.6 Å². The highest BCUT2D eigenvalue weighted by molar-refractivity contribution is 7.92. The van der Waals surface area contributed by atoms with Crippen LogP contribution in [0.2, 0.25) is 0 Å². The lowest BCUT2D eigenvalue weighted by Crippen LogP contribution is -2.29. The fourth-order valence-corrected chi connectivity index (χ4v) is 6.68. The van der Waals surface area contributed by atoms with Crippen molar-refractivity contribution in [3.63, 3.8) is 0 Å². The molecule has 0 aliphatic carbocycles. The Balaban J connectivity index is 1.55. The first-order chi connectivity index (χ1) is 17.3. The molecule has 0 fully saturated rings. The van der Waals surface area contributed by atoms with Crippen LogP contribution in [-0.2, 0) is 9.84 Å². The first-order valence-electron chi connectivity index (χ1n) is 12.1. The number of allylic oxidation sites excluding steroid dienone is 1. The number of phenols is 1. The van der Waals surface area contributed by atoms with Gasteiger partial charge in [0.1, 0.15) is 23.4 Å². The van der Waals surface area contributed by atoms with E-state index >= 15 is 0 Å². The van der Waals surface area contributed by atoms with Crippen LogP contribution in [0.15, 0.2) is 83.4 Å². The predicted octanol–water partition coefficient (Wildman–Crippen LogP) is 4.64. The molecule has 0 spiro atoms. The van der Waals surface area contributed by atoms with Gasteiger partial charge >= 0.3 is 0 Å². The number of hydrogen-bond acceptors (Lipinski definition) is 6. The van der Waals surface area contributed by atoms with Crippen molar-refractivity contribution >= 4 is 26.7 Å². The van der Waals surface area contributed by atoms with Crippen LogP contribution in [0.25, 0.3) is 16.8 Å². The molecule has 3 aromatic carbocycles. The lowest BCUT2D eigenvalue weighted by Gasteiger charge is -2.20. The Morgan fingerprint density at radius 2 is 1.75 bits per heavy atom. The van der Waals surface area contributed by atoms with Crippen LogP contribution in [0.3, 0.4) is 0 Å². The van der Waals surface area contributed by atoms with E-state index in [9.17, 15) is 23.7 Å². The number of sulfone groups is 1. The molecule has 2 atom stereocenters. The van der Waals surface area contributed by atoms with Crippen molar-refractivity contribution in [1.82, 2.24) is 0 Å². The summed E-state index contributed by atoms with van der Waals surface area (Å²) in [5, 5.41) is 31.8. The van der Waals surface area contributed by atoms with Gasteiger partial charge in [0, 0.05) is 5.39 Å². The van der Waals surface area contributed by atoms with Gasteiger partial charge in [-0.1, -0.05) is 67.1 Å². The number of rotatable bonds is 10. The lowest BCUT2D eigenvalue weighted by molar-refractivity contribution is 0.187. The summed E-state index contributed by atoms with van der Waals surface area (Å²) in [4.78, 5) is 0. The quantitative estimate of drug-likeness (QED) is 0.345. The molecule has 1 heterocycles. The van der Waals surface area contributed by atoms with Crippen molar-refractivity contribution in [2.24, 2.45) is 0 Å². The number of phenolic OH excluding ortho intramolecular Hbond substituents is 1. The van der Waals surface area contributed by atoms with Gasteiger partial charge in [0.25, 0.3) is 0 Å². The Kier molecular flexibility index (Phi) is 8.14. The summed E-state index contributed by atoms with van der Waals surface area (Å²) in [7, 11) is -3.61. The summed E-state index contributed by atoms with van der Waals surface area (Å²) < 4.78 is 31.2. The van der Waals surface area contributed by atoms with Crippen LogP contribution in [-0.4, -0.2) is 54.1 Å². The van der Waals surface area contributed by atoms with Crippen LogP contribution in [0.4, 0.5) is 0 Å². The monoisotopic (exact) mass is 508 g/mol. The fourth-order valence-electron chi connectivity index (χ4n) is 4.80. The smallest absolute Gasteiger partial charge is 0.163 e. The minimum atomic E-state index is -3.61. The topological polar surface area (TPSA) is 104 Å². The Morgan fingerprint density at radius 1 is 1.06 bits per heavy atom. The molecule has 190 valence electrons. The highest BCUT2D eigenvalue weighted by Crippen LogP contribution is 2.34. The van der Waals surface area contributed by atoms with Gasteiger partial charge in [0.05, 0.1) is 18.5 Å². The number of ether oxygens (including phenoxy) is 1. The van der Waals surface area contributed by atoms with E-state index in [1.54, 1.807) is 18.2 Å². The largest absolute Gasteiger partial charge is 0.507 e. The summed E-state index contributed by atoms with van der Waals surface area (Å²) >= 11 is 0. The Hall–Kier alpha value is -3.13. The lowest BCUT2D eigenvalue weighted by atomic mass is 9.93. The molecule has 7 heteroatoms. The van der Waals surface area contributed by atoms with E-state index in [-0.39, 0.29) is 18.1 Å². The molecular weight excluding hydrogens is 476 g/mol. The van der Waals surface area contributed by atoms with E-state index in [1.165, 1.54) is 0 Å². The number of benzene rings is 3. The van der Waals surface area contributed by atoms with Crippen LogP contribution < -0.4 is 4.74 Å². The van der Waals surface area contributed by atoms with Crippen molar-refractivity contribution in [3.8, 4) is 11.5 Å². The number of aliphatic hydroxyl groups is 2. The third-order valence-corrected chi connectivity index (χ3v) is 8.75. The van der Waals surface area contributed by atoms with Crippen LogP contribution in [0, 0.1) is 0 Å². The minimum Gasteiger partial charge on any atom is -0.507 e. The van der Waals surface area contributed by atoms with E-state index < -0.39 is 27.8 Å². The van der Waals surface area contributed by atoms with Crippen LogP contribution >= 0.6 is 0 Å². The Labute approximate surface area is 212 Å². The first kappa shape index (κ1) is 25.9. The summed E-state index contributed by atoms with van der Waals surface area (Å²) in [6, 6.07) is 20.3. The Morgan fingerprint density at radius 3 is 2.44 bits per heavy atom. The van der Waals surface area contributed by atoms with Gasteiger partial charge in [0.2, 0.25) is 0 Å². The minimum absolute atomic E-state index is 0.0438. The van der Waals surface area contributed by atoms with Crippen molar-refractivity contribution in [2.75, 3.05) is 19.0 Å². The second kappa shape index (κ2) is 11.3. The third-order valence-electron chi connectivity index (χ3n) is 6.73. The molecule has 6 nitrogen and oxygen atoms in total. The van der Waals surface area contributed by atoms with E-state index in [1.807, 2.05) is 55.5 Å². The molecular formula is C29H32O6S. The zero-order chi connectivity index (χ0) is 25.7. The molecule has 0 aromatic heterocycles.